The van der Waals surface area contributed by atoms with E-state index in [2.05, 4.69) is 0 Å². The minimum absolute atomic E-state index is 0.0572. The Morgan fingerprint density at radius 1 is 1.12 bits per heavy atom. The molecule has 0 amide bonds. The van der Waals surface area contributed by atoms with E-state index in [9.17, 15) is 19.0 Å². The molecule has 2 nitrogen and oxygen atoms in total. The summed E-state index contributed by atoms with van der Waals surface area (Å²) in [7, 11) is 0. The highest BCUT2D eigenvalue weighted by atomic mass is 35.5. The van der Waals surface area contributed by atoms with Gasteiger partial charge in [0.15, 0.2) is 0 Å². The van der Waals surface area contributed by atoms with Crippen LogP contribution in [0.15, 0.2) is 18.2 Å². The van der Waals surface area contributed by atoms with Gasteiger partial charge in [0.1, 0.15) is 0 Å². The number of fused-ring (bicyclic) bond motifs is 1. The molecule has 0 aliphatic heterocycles. The normalized spacial score (nSPS) is 21.0. The molecule has 0 saturated carbocycles. The van der Waals surface area contributed by atoms with Crippen molar-refractivity contribution in [3.8, 4) is 0 Å². The Morgan fingerprint density at radius 3 is 2.35 bits per heavy atom. The highest BCUT2D eigenvalue weighted by molar-refractivity contribution is 6.30. The molecule has 0 fully saturated rings. The molecule has 1 aromatic carbocycles. The highest BCUT2D eigenvalue weighted by Gasteiger charge is 2.47. The first-order chi connectivity index (χ1) is 7.95. The van der Waals surface area contributed by atoms with Crippen LogP contribution in [0.2, 0.25) is 5.02 Å². The fourth-order valence-corrected chi connectivity index (χ4v) is 2.50. The van der Waals surface area contributed by atoms with E-state index in [1.54, 1.807) is 0 Å². The quantitative estimate of drug-likeness (QED) is 0.860. The predicted octanol–water partition coefficient (Wildman–Crippen LogP) is 2.45. The summed E-state index contributed by atoms with van der Waals surface area (Å²) in [5.74, 6) is -2.95. The summed E-state index contributed by atoms with van der Waals surface area (Å²) in [4.78, 5) is 0. The second-order valence-corrected chi connectivity index (χ2v) is 4.93. The summed E-state index contributed by atoms with van der Waals surface area (Å²) in [6, 6.07) is 4.19. The van der Waals surface area contributed by atoms with Crippen molar-refractivity contribution in [1.82, 2.24) is 0 Å². The minimum Gasteiger partial charge on any atom is -0.395 e. The van der Waals surface area contributed by atoms with Crippen molar-refractivity contribution in [3.05, 3.63) is 34.3 Å². The van der Waals surface area contributed by atoms with Crippen molar-refractivity contribution in [2.45, 2.75) is 24.2 Å². The van der Waals surface area contributed by atoms with Gasteiger partial charge in [-0.05, 0) is 24.1 Å². The summed E-state index contributed by atoms with van der Waals surface area (Å²) >= 11 is 5.73. The predicted molar refractivity (Wildman–Crippen MR) is 60.4 cm³/mol. The maximum absolute atomic E-state index is 13.8. The lowest BCUT2D eigenvalue weighted by Crippen LogP contribution is -2.42. The second-order valence-electron chi connectivity index (χ2n) is 4.49. The van der Waals surface area contributed by atoms with E-state index >= 15 is 0 Å². The van der Waals surface area contributed by atoms with E-state index in [4.69, 9.17) is 11.6 Å². The van der Waals surface area contributed by atoms with Crippen LogP contribution in [0.5, 0.6) is 0 Å². The lowest BCUT2D eigenvalue weighted by Gasteiger charge is -2.39. The van der Waals surface area contributed by atoms with Crippen LogP contribution in [0.25, 0.3) is 0 Å². The van der Waals surface area contributed by atoms with E-state index in [1.165, 1.54) is 18.2 Å². The zero-order chi connectivity index (χ0) is 12.7. The van der Waals surface area contributed by atoms with E-state index in [-0.39, 0.29) is 36.6 Å². The fourth-order valence-electron chi connectivity index (χ4n) is 2.33. The van der Waals surface area contributed by atoms with Crippen molar-refractivity contribution in [1.29, 1.82) is 0 Å². The van der Waals surface area contributed by atoms with Crippen molar-refractivity contribution < 1.29 is 19.0 Å². The molecule has 0 heterocycles. The number of alkyl halides is 2. The van der Waals surface area contributed by atoms with Gasteiger partial charge in [-0.25, -0.2) is 8.78 Å². The van der Waals surface area contributed by atoms with Crippen molar-refractivity contribution in [2.24, 2.45) is 0 Å². The third-order valence-corrected chi connectivity index (χ3v) is 3.70. The lowest BCUT2D eigenvalue weighted by molar-refractivity contribution is -0.0445. The number of aliphatic hydroxyl groups is 2. The van der Waals surface area contributed by atoms with Gasteiger partial charge in [-0.1, -0.05) is 17.7 Å². The van der Waals surface area contributed by atoms with Crippen LogP contribution < -0.4 is 0 Å². The molecule has 17 heavy (non-hydrogen) atoms. The molecule has 0 aromatic heterocycles. The minimum atomic E-state index is -2.95. The van der Waals surface area contributed by atoms with Gasteiger partial charge in [0.2, 0.25) is 0 Å². The monoisotopic (exact) mass is 262 g/mol. The van der Waals surface area contributed by atoms with Crippen LogP contribution in [-0.2, 0) is 11.3 Å². The largest absolute Gasteiger partial charge is 0.395 e. The van der Waals surface area contributed by atoms with Gasteiger partial charge >= 0.3 is 0 Å². The molecule has 2 N–H and O–H groups in total. The number of halogens is 3. The number of hydrogen-bond acceptors (Lipinski definition) is 2. The van der Waals surface area contributed by atoms with Gasteiger partial charge in [-0.15, -0.1) is 0 Å². The molecule has 0 spiro atoms. The van der Waals surface area contributed by atoms with Gasteiger partial charge in [0.05, 0.1) is 13.2 Å². The van der Waals surface area contributed by atoms with Gasteiger partial charge < -0.3 is 10.2 Å². The molecular formula is C12H13ClF2O2. The first-order valence-electron chi connectivity index (χ1n) is 5.35. The Kier molecular flexibility index (Phi) is 3.14. The maximum atomic E-state index is 13.8. The standard InChI is InChI=1S/C12H13ClF2O2/c13-8-1-2-9-10(5-8)12(14,15)4-3-11(9,6-16)7-17/h1-2,5,16-17H,3-4,6-7H2. The lowest BCUT2D eigenvalue weighted by atomic mass is 9.69. The first-order valence-corrected chi connectivity index (χ1v) is 5.73. The van der Waals surface area contributed by atoms with Crippen molar-refractivity contribution >= 4 is 11.6 Å². The van der Waals surface area contributed by atoms with E-state index in [0.29, 0.717) is 5.56 Å². The zero-order valence-corrected chi connectivity index (χ0v) is 9.84. The molecule has 1 aliphatic carbocycles. The fraction of sp³-hybridized carbons (Fsp3) is 0.500. The molecule has 0 bridgehead atoms. The molecule has 0 unspecified atom stereocenters. The number of hydrogen-bond donors (Lipinski definition) is 2. The van der Waals surface area contributed by atoms with Crippen LogP contribution in [0.1, 0.15) is 24.0 Å². The molecule has 94 valence electrons. The molecule has 0 atom stereocenters. The van der Waals surface area contributed by atoms with Crippen molar-refractivity contribution in [3.63, 3.8) is 0 Å². The Labute approximate surface area is 103 Å². The van der Waals surface area contributed by atoms with Crippen molar-refractivity contribution in [2.75, 3.05) is 13.2 Å². The van der Waals surface area contributed by atoms with E-state index in [1.807, 2.05) is 0 Å². The van der Waals surface area contributed by atoms with Gasteiger partial charge in [-0.3, -0.25) is 0 Å². The topological polar surface area (TPSA) is 40.5 Å². The first kappa shape index (κ1) is 12.7. The SMILES string of the molecule is OCC1(CO)CCC(F)(F)c2cc(Cl)ccc21. The Balaban J connectivity index is 2.63. The van der Waals surface area contributed by atoms with Crippen LogP contribution in [0.3, 0.4) is 0 Å². The maximum Gasteiger partial charge on any atom is 0.273 e. The number of aliphatic hydroxyl groups excluding tert-OH is 2. The van der Waals surface area contributed by atoms with E-state index in [0.717, 1.165) is 0 Å². The average Bonchev–Trinajstić information content (AvgIpc) is 2.31. The van der Waals surface area contributed by atoms with Crippen LogP contribution >= 0.6 is 11.6 Å². The highest BCUT2D eigenvalue weighted by Crippen LogP contribution is 2.48. The van der Waals surface area contributed by atoms with Crippen LogP contribution in [0, 0.1) is 0 Å². The molecule has 0 radical (unpaired) electrons. The van der Waals surface area contributed by atoms with Crippen LogP contribution in [-0.4, -0.2) is 23.4 Å². The van der Waals surface area contributed by atoms with Gasteiger partial charge in [-0.2, -0.15) is 0 Å². The molecule has 1 aliphatic rings. The van der Waals surface area contributed by atoms with Gasteiger partial charge in [0.25, 0.3) is 5.92 Å². The number of rotatable bonds is 2. The van der Waals surface area contributed by atoms with E-state index < -0.39 is 11.3 Å². The third-order valence-electron chi connectivity index (χ3n) is 3.47. The summed E-state index contributed by atoms with van der Waals surface area (Å²) < 4.78 is 27.5. The summed E-state index contributed by atoms with van der Waals surface area (Å²) in [6.45, 7) is -0.706. The second kappa shape index (κ2) is 4.19. The zero-order valence-electron chi connectivity index (χ0n) is 9.09. The molecule has 1 aromatic rings. The smallest absolute Gasteiger partial charge is 0.273 e. The molecular weight excluding hydrogens is 250 g/mol. The third kappa shape index (κ3) is 1.94. The molecule has 2 rings (SSSR count). The Morgan fingerprint density at radius 2 is 1.76 bits per heavy atom. The summed E-state index contributed by atoms with van der Waals surface area (Å²) in [5.41, 5.74) is -0.871. The molecule has 5 heteroatoms. The average molecular weight is 263 g/mol. The number of benzene rings is 1. The summed E-state index contributed by atoms with van der Waals surface area (Å²) in [6.07, 6.45) is -0.330. The Hall–Kier alpha value is -0.710. The van der Waals surface area contributed by atoms with Crippen LogP contribution in [0.4, 0.5) is 8.78 Å². The summed E-state index contributed by atoms with van der Waals surface area (Å²) in [5, 5.41) is 19.0. The molecule has 0 saturated heterocycles. The van der Waals surface area contributed by atoms with Gasteiger partial charge in [0, 0.05) is 22.4 Å². The Bertz CT molecular complexity index is 431.